The molecule has 3 aromatic carbocycles. The number of benzene rings is 3. The Morgan fingerprint density at radius 3 is 1.36 bits per heavy atom. The number of nitrogens with zero attached hydrogens (tertiary/aromatic N) is 4. The fourth-order valence-electron chi connectivity index (χ4n) is 12.5. The molecule has 0 radical (unpaired) electrons. The Balaban J connectivity index is 0.816. The maximum atomic E-state index is 14.6. The quantitative estimate of drug-likeness (QED) is 0.117. The Hall–Kier alpha value is -7.06. The molecule has 78 heavy (non-hydrogen) atoms. The smallest absolute Gasteiger partial charge is 0.317 e. The van der Waals surface area contributed by atoms with Gasteiger partial charge in [-0.15, -0.1) is 0 Å². The third-order valence-corrected chi connectivity index (χ3v) is 17.1. The number of fused-ring (bicyclic) bond motifs is 4. The lowest BCUT2D eigenvalue weighted by atomic mass is 9.87. The van der Waals surface area contributed by atoms with Crippen LogP contribution in [0.3, 0.4) is 0 Å². The van der Waals surface area contributed by atoms with Crippen molar-refractivity contribution in [2.24, 2.45) is 0 Å². The van der Waals surface area contributed by atoms with E-state index in [-0.39, 0.29) is 75.3 Å². The molecule has 3 aromatic rings. The molecule has 2 aliphatic carbocycles. The maximum Gasteiger partial charge on any atom is 0.317 e. The van der Waals surface area contributed by atoms with Crippen molar-refractivity contribution < 1.29 is 38.4 Å². The number of likely N-dealkylation sites (N-methyl/N-ethyl adjacent to an activating group) is 2. The van der Waals surface area contributed by atoms with Gasteiger partial charge in [0.1, 0.15) is 24.2 Å². The number of amides is 10. The lowest BCUT2D eigenvalue weighted by molar-refractivity contribution is -0.145. The average molecular weight is 1070 g/mol. The SMILES string of the molecule is CN[C@@H](C)C(=O)N[C@H]1CN(C(=O)NCc2cccc(CNC(=O)N3CC[C@H]4CC[C@@H](C(=O)N[C@@H]5CCCc6ccccc65)N4C(=O)[C@@H](NC(=O)[C@H](C)NC)C3)c2)CC[C@H]2CC[C@@H](C(=O)N[C@@H]3CCCc4ccccc43)N2C1=O. The van der Waals surface area contributed by atoms with Crippen molar-refractivity contribution in [3.05, 3.63) is 106 Å². The summed E-state index contributed by atoms with van der Waals surface area (Å²) < 4.78 is 0. The molecule has 20 heteroatoms. The molecule has 4 saturated heterocycles. The number of nitrogens with one attached hydrogen (secondary N) is 8. The fraction of sp³-hybridized carbons (Fsp3) is 0.552. The van der Waals surface area contributed by atoms with E-state index in [9.17, 15) is 38.4 Å². The van der Waals surface area contributed by atoms with Crippen LogP contribution in [-0.2, 0) is 54.7 Å². The van der Waals surface area contributed by atoms with E-state index in [4.69, 9.17) is 0 Å². The van der Waals surface area contributed by atoms with Gasteiger partial charge in [0.15, 0.2) is 0 Å². The van der Waals surface area contributed by atoms with Crippen LogP contribution in [0.5, 0.6) is 0 Å². The van der Waals surface area contributed by atoms with Crippen LogP contribution in [0.4, 0.5) is 9.59 Å². The third-order valence-electron chi connectivity index (χ3n) is 17.1. The zero-order valence-corrected chi connectivity index (χ0v) is 45.5. The molecule has 0 unspecified atom stereocenters. The van der Waals surface area contributed by atoms with E-state index in [0.29, 0.717) is 38.5 Å². The lowest BCUT2D eigenvalue weighted by Gasteiger charge is -2.39. The van der Waals surface area contributed by atoms with Crippen molar-refractivity contribution in [1.82, 2.24) is 62.1 Å². The van der Waals surface area contributed by atoms with E-state index in [1.165, 1.54) is 11.1 Å². The fourth-order valence-corrected chi connectivity index (χ4v) is 12.5. The topological polar surface area (TPSA) is 246 Å². The van der Waals surface area contributed by atoms with Gasteiger partial charge < -0.3 is 62.1 Å². The van der Waals surface area contributed by atoms with Gasteiger partial charge in [0.25, 0.3) is 0 Å². The second-order valence-electron chi connectivity index (χ2n) is 22.0. The second kappa shape index (κ2) is 25.2. The minimum atomic E-state index is -1.10. The Kier molecular flexibility index (Phi) is 18.0. The van der Waals surface area contributed by atoms with Crippen LogP contribution in [0.2, 0.25) is 0 Å². The summed E-state index contributed by atoms with van der Waals surface area (Å²) in [6.45, 7) is 4.01. The number of hydrogen-bond donors (Lipinski definition) is 8. The number of hydrogen-bond acceptors (Lipinski definition) is 10. The van der Waals surface area contributed by atoms with E-state index in [0.717, 1.165) is 60.8 Å². The first-order chi connectivity index (χ1) is 37.7. The Labute approximate surface area is 457 Å². The molecule has 10 amide bonds. The highest BCUT2D eigenvalue weighted by Crippen LogP contribution is 2.35. The van der Waals surface area contributed by atoms with E-state index < -0.39 is 71.9 Å². The standard InChI is InChI=1S/C58H78N12O8/c1-35(59-3)51(71)65-47-33-67(28-26-41-22-24-49(69(41)55(47)75)53(73)63-45-20-10-16-39-14-5-7-18-43(39)45)57(77)61-31-37-12-9-13-38(30-37)32-62-58(78)68-29-27-42-23-25-50(70(42)56(76)48(34-68)66-52(72)36(2)60-4)54(74)64-46-21-11-17-40-15-6-8-19-44(40)46/h5-9,12-15,18-19,30,35-36,41-42,45-50,59-60H,10-11,16-17,20-29,31-34H2,1-4H3,(H,61,77)(H,62,78)(H,63,73)(H,64,74)(H,65,71)(H,66,72)/t35-,36-,41+,42+,45+,46+,47-,48-,49-,50-/m0/s1. The number of carbonyl (C=O) groups is 8. The summed E-state index contributed by atoms with van der Waals surface area (Å²) in [7, 11) is 3.30. The van der Waals surface area contributed by atoms with Gasteiger partial charge in [-0.05, 0) is 138 Å². The summed E-state index contributed by atoms with van der Waals surface area (Å²) in [5.74, 6) is -2.02. The molecular formula is C58H78N12O8. The van der Waals surface area contributed by atoms with Gasteiger partial charge >= 0.3 is 12.1 Å². The van der Waals surface area contributed by atoms with Gasteiger partial charge in [-0.1, -0.05) is 72.8 Å². The average Bonchev–Trinajstić information content (AvgIpc) is 4.10. The van der Waals surface area contributed by atoms with Crippen molar-refractivity contribution in [3.63, 3.8) is 0 Å². The van der Waals surface area contributed by atoms with Crippen LogP contribution in [0.1, 0.15) is 124 Å². The molecule has 4 fully saturated rings. The van der Waals surface area contributed by atoms with Gasteiger partial charge in [0.2, 0.25) is 35.4 Å². The zero-order valence-electron chi connectivity index (χ0n) is 45.5. The summed E-state index contributed by atoms with van der Waals surface area (Å²) in [4.78, 5) is 119. The molecule has 4 aliphatic heterocycles. The van der Waals surface area contributed by atoms with E-state index in [1.807, 2.05) is 48.5 Å². The first-order valence-electron chi connectivity index (χ1n) is 28.2. The summed E-state index contributed by atoms with van der Waals surface area (Å²) in [6.07, 6.45) is 8.44. The van der Waals surface area contributed by atoms with Crippen molar-refractivity contribution in [1.29, 1.82) is 0 Å². The van der Waals surface area contributed by atoms with Gasteiger partial charge in [-0.25, -0.2) is 9.59 Å². The molecule has 4 heterocycles. The van der Waals surface area contributed by atoms with Gasteiger partial charge in [-0.3, -0.25) is 28.8 Å². The minimum absolute atomic E-state index is 0.0990. The number of carbonyl (C=O) groups excluding carboxylic acids is 8. The van der Waals surface area contributed by atoms with Crippen LogP contribution < -0.4 is 42.5 Å². The molecule has 6 aliphatic rings. The molecule has 0 aromatic heterocycles. The van der Waals surface area contributed by atoms with Crippen LogP contribution in [0, 0.1) is 0 Å². The molecule has 20 nitrogen and oxygen atoms in total. The Bertz CT molecular complexity index is 2550. The molecular weight excluding hydrogens is 993 g/mol. The predicted octanol–water partition coefficient (Wildman–Crippen LogP) is 2.81. The van der Waals surface area contributed by atoms with Crippen LogP contribution in [0.15, 0.2) is 72.8 Å². The molecule has 0 spiro atoms. The van der Waals surface area contributed by atoms with Crippen molar-refractivity contribution in [3.8, 4) is 0 Å². The maximum absolute atomic E-state index is 14.6. The highest BCUT2D eigenvalue weighted by molar-refractivity contribution is 5.96. The van der Waals surface area contributed by atoms with E-state index >= 15 is 0 Å². The first-order valence-corrected chi connectivity index (χ1v) is 28.2. The highest BCUT2D eigenvalue weighted by atomic mass is 16.2. The van der Waals surface area contributed by atoms with E-state index in [2.05, 4.69) is 66.8 Å². The van der Waals surface area contributed by atoms with Crippen molar-refractivity contribution >= 4 is 47.5 Å². The molecule has 9 rings (SSSR count). The van der Waals surface area contributed by atoms with Gasteiger partial charge in [0, 0.05) is 38.3 Å². The summed E-state index contributed by atoms with van der Waals surface area (Å²) in [5.41, 5.74) is 6.16. The van der Waals surface area contributed by atoms with Gasteiger partial charge in [0.05, 0.1) is 37.3 Å². The number of rotatable bonds is 14. The van der Waals surface area contributed by atoms with Crippen LogP contribution in [0.25, 0.3) is 0 Å². The largest absolute Gasteiger partial charge is 0.347 e. The highest BCUT2D eigenvalue weighted by Gasteiger charge is 2.48. The molecule has 0 bridgehead atoms. The number of urea groups is 2. The molecule has 0 saturated carbocycles. The van der Waals surface area contributed by atoms with Crippen LogP contribution in [-0.4, -0.2) is 156 Å². The zero-order chi connectivity index (χ0) is 55.0. The van der Waals surface area contributed by atoms with Crippen LogP contribution >= 0.6 is 0 Å². The number of aryl methyl sites for hydroxylation is 2. The van der Waals surface area contributed by atoms with Gasteiger partial charge in [-0.2, -0.15) is 0 Å². The third kappa shape index (κ3) is 12.6. The van der Waals surface area contributed by atoms with Crippen molar-refractivity contribution in [2.45, 2.75) is 164 Å². The molecule has 10 atom stereocenters. The predicted molar refractivity (Wildman–Crippen MR) is 292 cm³/mol. The summed E-state index contributed by atoms with van der Waals surface area (Å²) >= 11 is 0. The Morgan fingerprint density at radius 2 is 0.936 bits per heavy atom. The molecule has 8 N–H and O–H groups in total. The summed E-state index contributed by atoms with van der Waals surface area (Å²) in [5, 5.41) is 24.1. The minimum Gasteiger partial charge on any atom is -0.347 e. The lowest BCUT2D eigenvalue weighted by Crippen LogP contribution is -2.63. The summed E-state index contributed by atoms with van der Waals surface area (Å²) in [6, 6.07) is 17.1. The normalized spacial score (nSPS) is 25.7. The second-order valence-corrected chi connectivity index (χ2v) is 22.0. The molecule has 418 valence electrons. The first kappa shape index (κ1) is 55.7. The van der Waals surface area contributed by atoms with Crippen molar-refractivity contribution in [2.75, 3.05) is 40.3 Å². The van der Waals surface area contributed by atoms with E-state index in [1.54, 1.807) is 47.5 Å². The Morgan fingerprint density at radius 1 is 0.513 bits per heavy atom. The monoisotopic (exact) mass is 1070 g/mol.